The van der Waals surface area contributed by atoms with Gasteiger partial charge in [-0.1, -0.05) is 33.6 Å². The van der Waals surface area contributed by atoms with Gasteiger partial charge in [0.25, 0.3) is 0 Å². The molecule has 2 rings (SSSR count). The first-order chi connectivity index (χ1) is 9.55. The lowest BCUT2D eigenvalue weighted by molar-refractivity contribution is 0.412. The molecule has 0 saturated carbocycles. The summed E-state index contributed by atoms with van der Waals surface area (Å²) in [6, 6.07) is 12.0. The van der Waals surface area contributed by atoms with Crippen molar-refractivity contribution in [3.8, 4) is 5.75 Å². The number of benzene rings is 2. The lowest BCUT2D eigenvalue weighted by Crippen LogP contribution is -2.17. The van der Waals surface area contributed by atoms with Gasteiger partial charge in [-0.25, -0.2) is 0 Å². The number of halogens is 3. The third-order valence-electron chi connectivity index (χ3n) is 3.02. The van der Waals surface area contributed by atoms with E-state index in [4.69, 9.17) is 16.3 Å². The van der Waals surface area contributed by atoms with Crippen LogP contribution in [0.4, 0.5) is 0 Å². The Morgan fingerprint density at radius 3 is 2.40 bits per heavy atom. The van der Waals surface area contributed by atoms with Crippen molar-refractivity contribution < 1.29 is 4.74 Å². The fourth-order valence-corrected chi connectivity index (χ4v) is 3.57. The maximum absolute atomic E-state index is 6.13. The minimum absolute atomic E-state index is 0.0622. The quantitative estimate of drug-likeness (QED) is 0.737. The smallest absolute Gasteiger partial charge is 0.133 e. The summed E-state index contributed by atoms with van der Waals surface area (Å²) in [5.74, 6) is 0.816. The Morgan fingerprint density at radius 1 is 1.10 bits per heavy atom. The minimum Gasteiger partial charge on any atom is -0.496 e. The van der Waals surface area contributed by atoms with Crippen molar-refractivity contribution in [1.29, 1.82) is 0 Å². The van der Waals surface area contributed by atoms with Gasteiger partial charge in [0.05, 0.1) is 17.6 Å². The average Bonchev–Trinajstić information content (AvgIpc) is 2.38. The Bertz CT molecular complexity index is 599. The highest BCUT2D eigenvalue weighted by Gasteiger charge is 2.14. The van der Waals surface area contributed by atoms with Crippen LogP contribution in [0.3, 0.4) is 0 Å². The molecule has 0 aromatic heterocycles. The molecule has 5 heteroatoms. The van der Waals surface area contributed by atoms with Crippen molar-refractivity contribution in [2.45, 2.75) is 6.04 Å². The van der Waals surface area contributed by atoms with E-state index in [1.165, 1.54) is 0 Å². The Kier molecular flexibility index (Phi) is 5.49. The van der Waals surface area contributed by atoms with E-state index in [1.54, 1.807) is 7.11 Å². The molecule has 0 bridgehead atoms. The SMILES string of the molecule is CNC(c1cc(Cl)cc(Br)c1)c1ccc(OC)c(Br)c1. The van der Waals surface area contributed by atoms with E-state index in [1.807, 2.05) is 31.3 Å². The van der Waals surface area contributed by atoms with Gasteiger partial charge in [-0.3, -0.25) is 0 Å². The molecule has 2 aromatic rings. The summed E-state index contributed by atoms with van der Waals surface area (Å²) < 4.78 is 7.16. The number of rotatable bonds is 4. The summed E-state index contributed by atoms with van der Waals surface area (Å²) in [6.45, 7) is 0. The lowest BCUT2D eigenvalue weighted by Gasteiger charge is -2.19. The van der Waals surface area contributed by atoms with E-state index in [0.717, 1.165) is 25.8 Å². The van der Waals surface area contributed by atoms with Crippen molar-refractivity contribution in [3.05, 3.63) is 61.5 Å². The molecular formula is C15H14Br2ClNO. The number of ether oxygens (including phenoxy) is 1. The Hall–Kier alpha value is -0.550. The van der Waals surface area contributed by atoms with Crippen molar-refractivity contribution in [3.63, 3.8) is 0 Å². The number of hydrogen-bond acceptors (Lipinski definition) is 2. The zero-order chi connectivity index (χ0) is 14.7. The zero-order valence-corrected chi connectivity index (χ0v) is 15.0. The van der Waals surface area contributed by atoms with Crippen molar-refractivity contribution in [2.24, 2.45) is 0 Å². The van der Waals surface area contributed by atoms with Crippen LogP contribution in [0.5, 0.6) is 5.75 Å². The topological polar surface area (TPSA) is 21.3 Å². The van der Waals surface area contributed by atoms with E-state index in [2.05, 4.69) is 49.3 Å². The van der Waals surface area contributed by atoms with Gasteiger partial charge in [0.15, 0.2) is 0 Å². The highest BCUT2D eigenvalue weighted by molar-refractivity contribution is 9.10. The van der Waals surface area contributed by atoms with E-state index >= 15 is 0 Å². The molecule has 106 valence electrons. The summed E-state index contributed by atoms with van der Waals surface area (Å²) in [5, 5.41) is 4.02. The first kappa shape index (κ1) is 15.8. The van der Waals surface area contributed by atoms with E-state index in [-0.39, 0.29) is 6.04 Å². The molecule has 1 unspecified atom stereocenters. The fourth-order valence-electron chi connectivity index (χ4n) is 2.13. The number of nitrogens with one attached hydrogen (secondary N) is 1. The second-order valence-corrected chi connectivity index (χ2v) is 6.52. The Labute approximate surface area is 140 Å². The Morgan fingerprint density at radius 2 is 1.85 bits per heavy atom. The molecule has 2 nitrogen and oxygen atoms in total. The molecule has 2 aromatic carbocycles. The van der Waals surface area contributed by atoms with Crippen LogP contribution >= 0.6 is 43.5 Å². The molecule has 0 aliphatic heterocycles. The Balaban J connectivity index is 2.44. The summed E-state index contributed by atoms with van der Waals surface area (Å²) in [4.78, 5) is 0. The van der Waals surface area contributed by atoms with Gasteiger partial charge < -0.3 is 10.1 Å². The molecular weight excluding hydrogens is 405 g/mol. The first-order valence-corrected chi connectivity index (χ1v) is 7.98. The maximum atomic E-state index is 6.13. The van der Waals surface area contributed by atoms with Crippen molar-refractivity contribution in [1.82, 2.24) is 5.32 Å². The van der Waals surface area contributed by atoms with Crippen molar-refractivity contribution in [2.75, 3.05) is 14.2 Å². The van der Waals surface area contributed by atoms with Crippen LogP contribution in [-0.2, 0) is 0 Å². The molecule has 0 heterocycles. The second-order valence-electron chi connectivity index (χ2n) is 4.32. The number of methoxy groups -OCH3 is 1. The van der Waals surface area contributed by atoms with Crippen LogP contribution < -0.4 is 10.1 Å². The maximum Gasteiger partial charge on any atom is 0.133 e. The van der Waals surface area contributed by atoms with Crippen LogP contribution in [0.2, 0.25) is 5.02 Å². The van der Waals surface area contributed by atoms with Crippen LogP contribution in [-0.4, -0.2) is 14.2 Å². The normalized spacial score (nSPS) is 12.2. The van der Waals surface area contributed by atoms with Gasteiger partial charge in [-0.05, 0) is 64.4 Å². The standard InChI is InChI=1S/C15H14Br2ClNO/c1-19-15(10-5-11(16)8-12(18)6-10)9-3-4-14(20-2)13(17)7-9/h3-8,15,19H,1-2H3. The van der Waals surface area contributed by atoms with Crippen LogP contribution in [0.15, 0.2) is 45.3 Å². The molecule has 0 saturated heterocycles. The van der Waals surface area contributed by atoms with E-state index < -0.39 is 0 Å². The van der Waals surface area contributed by atoms with Gasteiger partial charge in [0.1, 0.15) is 5.75 Å². The van der Waals surface area contributed by atoms with Crippen LogP contribution in [0, 0.1) is 0 Å². The van der Waals surface area contributed by atoms with Gasteiger partial charge in [-0.2, -0.15) is 0 Å². The zero-order valence-electron chi connectivity index (χ0n) is 11.1. The van der Waals surface area contributed by atoms with Gasteiger partial charge in [0.2, 0.25) is 0 Å². The van der Waals surface area contributed by atoms with Crippen LogP contribution in [0.1, 0.15) is 17.2 Å². The molecule has 0 spiro atoms. The minimum atomic E-state index is 0.0622. The summed E-state index contributed by atoms with van der Waals surface area (Å²) in [6.07, 6.45) is 0. The highest BCUT2D eigenvalue weighted by atomic mass is 79.9. The average molecular weight is 420 g/mol. The summed E-state index contributed by atoms with van der Waals surface area (Å²) in [5.41, 5.74) is 2.23. The van der Waals surface area contributed by atoms with Gasteiger partial charge in [-0.15, -0.1) is 0 Å². The van der Waals surface area contributed by atoms with Crippen molar-refractivity contribution >= 4 is 43.5 Å². The molecule has 0 aliphatic rings. The predicted molar refractivity (Wildman–Crippen MR) is 90.7 cm³/mol. The largest absolute Gasteiger partial charge is 0.496 e. The van der Waals surface area contributed by atoms with E-state index in [9.17, 15) is 0 Å². The molecule has 1 N–H and O–H groups in total. The molecule has 0 amide bonds. The predicted octanol–water partition coefficient (Wildman–Crippen LogP) is 5.18. The molecule has 20 heavy (non-hydrogen) atoms. The van der Waals surface area contributed by atoms with Gasteiger partial charge in [0, 0.05) is 9.50 Å². The summed E-state index contributed by atoms with van der Waals surface area (Å²) in [7, 11) is 3.58. The molecule has 0 aliphatic carbocycles. The lowest BCUT2D eigenvalue weighted by atomic mass is 9.99. The molecule has 1 atom stereocenters. The third kappa shape index (κ3) is 3.55. The summed E-state index contributed by atoms with van der Waals surface area (Å²) >= 11 is 13.1. The highest BCUT2D eigenvalue weighted by Crippen LogP contribution is 2.32. The molecule has 0 fully saturated rings. The first-order valence-electron chi connectivity index (χ1n) is 6.02. The number of hydrogen-bond donors (Lipinski definition) is 1. The van der Waals surface area contributed by atoms with Gasteiger partial charge >= 0.3 is 0 Å². The van der Waals surface area contributed by atoms with Crippen LogP contribution in [0.25, 0.3) is 0 Å². The van der Waals surface area contributed by atoms with E-state index in [0.29, 0.717) is 5.02 Å². The monoisotopic (exact) mass is 417 g/mol. The molecule has 0 radical (unpaired) electrons. The second kappa shape index (κ2) is 6.94. The fraction of sp³-hybridized carbons (Fsp3) is 0.200. The third-order valence-corrected chi connectivity index (χ3v) is 4.31.